The zero-order valence-corrected chi connectivity index (χ0v) is 14.2. The number of para-hydroxylation sites is 1. The van der Waals surface area contributed by atoms with E-state index in [0.29, 0.717) is 5.56 Å². The van der Waals surface area contributed by atoms with Gasteiger partial charge in [0, 0.05) is 10.3 Å². The summed E-state index contributed by atoms with van der Waals surface area (Å²) in [6.07, 6.45) is 3.74. The highest BCUT2D eigenvalue weighted by molar-refractivity contribution is 7.10. The molecule has 1 aromatic carbocycles. The van der Waals surface area contributed by atoms with Gasteiger partial charge in [0.1, 0.15) is 6.07 Å². The first-order chi connectivity index (χ1) is 12.3. The Morgan fingerprint density at radius 1 is 1.28 bits per heavy atom. The number of nitriles is 1. The SMILES string of the molecule is N#CCOC(=O)c1c2c(nc3ccccc13)/C(=C\c1cccs1)CC2. The minimum Gasteiger partial charge on any atom is -0.447 e. The molecule has 4 rings (SSSR count). The van der Waals surface area contributed by atoms with Crippen LogP contribution in [0.15, 0.2) is 41.8 Å². The van der Waals surface area contributed by atoms with Gasteiger partial charge in [0.05, 0.1) is 16.8 Å². The van der Waals surface area contributed by atoms with E-state index in [1.54, 1.807) is 11.3 Å². The summed E-state index contributed by atoms with van der Waals surface area (Å²) in [5, 5.41) is 11.5. The van der Waals surface area contributed by atoms with Crippen LogP contribution < -0.4 is 0 Å². The Labute approximate surface area is 149 Å². The number of benzene rings is 1. The van der Waals surface area contributed by atoms with Gasteiger partial charge in [0.2, 0.25) is 0 Å². The third-order valence-corrected chi connectivity index (χ3v) is 5.09. The minimum atomic E-state index is -0.450. The molecule has 1 aliphatic carbocycles. The van der Waals surface area contributed by atoms with Gasteiger partial charge in [-0.25, -0.2) is 9.78 Å². The van der Waals surface area contributed by atoms with Crippen molar-refractivity contribution >= 4 is 39.9 Å². The maximum Gasteiger partial charge on any atom is 0.340 e. The van der Waals surface area contributed by atoms with Crippen LogP contribution in [-0.2, 0) is 11.2 Å². The predicted octanol–water partition coefficient (Wildman–Crippen LogP) is 4.46. The minimum absolute atomic E-state index is 0.248. The second-order valence-electron chi connectivity index (χ2n) is 5.75. The van der Waals surface area contributed by atoms with Crippen molar-refractivity contribution in [2.45, 2.75) is 12.8 Å². The van der Waals surface area contributed by atoms with E-state index in [1.807, 2.05) is 41.8 Å². The lowest BCUT2D eigenvalue weighted by Crippen LogP contribution is -2.10. The van der Waals surface area contributed by atoms with Crippen LogP contribution in [0.25, 0.3) is 22.6 Å². The number of hydrogen-bond acceptors (Lipinski definition) is 5. The van der Waals surface area contributed by atoms with Crippen LogP contribution in [-0.4, -0.2) is 17.6 Å². The zero-order valence-electron chi connectivity index (χ0n) is 13.4. The number of carbonyl (C=O) groups excluding carboxylic acids is 1. The van der Waals surface area contributed by atoms with E-state index in [9.17, 15) is 4.79 Å². The number of thiophene rings is 1. The van der Waals surface area contributed by atoms with Crippen molar-refractivity contribution < 1.29 is 9.53 Å². The van der Waals surface area contributed by atoms with Crippen molar-refractivity contribution in [1.29, 1.82) is 5.26 Å². The monoisotopic (exact) mass is 346 g/mol. The molecule has 2 heterocycles. The number of aromatic nitrogens is 1. The fourth-order valence-electron chi connectivity index (χ4n) is 3.23. The summed E-state index contributed by atoms with van der Waals surface area (Å²) in [7, 11) is 0. The molecule has 0 saturated heterocycles. The largest absolute Gasteiger partial charge is 0.447 e. The topological polar surface area (TPSA) is 63.0 Å². The molecule has 122 valence electrons. The highest BCUT2D eigenvalue weighted by Crippen LogP contribution is 2.38. The smallest absolute Gasteiger partial charge is 0.340 e. The number of rotatable bonds is 3. The van der Waals surface area contributed by atoms with Crippen molar-refractivity contribution in [3.63, 3.8) is 0 Å². The molecule has 4 nitrogen and oxygen atoms in total. The highest BCUT2D eigenvalue weighted by atomic mass is 32.1. The molecule has 0 saturated carbocycles. The normalized spacial score (nSPS) is 14.4. The van der Waals surface area contributed by atoms with Crippen molar-refractivity contribution in [2.24, 2.45) is 0 Å². The molecule has 3 aromatic rings. The standard InChI is InChI=1S/C20H14N2O2S/c21-9-10-24-20(23)18-15-5-1-2-6-17(15)22-19-13(7-8-16(18)19)12-14-4-3-11-25-14/h1-6,11-12H,7-8,10H2/b13-12-. The number of hydrogen-bond donors (Lipinski definition) is 0. The molecule has 0 aliphatic heterocycles. The van der Waals surface area contributed by atoms with Crippen molar-refractivity contribution in [3.8, 4) is 6.07 Å². The summed E-state index contributed by atoms with van der Waals surface area (Å²) in [6.45, 7) is -0.248. The molecular weight excluding hydrogens is 332 g/mol. The average molecular weight is 346 g/mol. The fraction of sp³-hybridized carbons (Fsp3) is 0.150. The third kappa shape index (κ3) is 2.81. The van der Waals surface area contributed by atoms with E-state index in [0.717, 1.165) is 40.6 Å². The molecule has 0 fully saturated rings. The van der Waals surface area contributed by atoms with Crippen molar-refractivity contribution in [2.75, 3.05) is 6.61 Å². The van der Waals surface area contributed by atoms with Gasteiger partial charge >= 0.3 is 5.97 Å². The van der Waals surface area contributed by atoms with E-state index in [-0.39, 0.29) is 6.61 Å². The van der Waals surface area contributed by atoms with Crippen LogP contribution in [0.1, 0.15) is 32.9 Å². The molecule has 2 aromatic heterocycles. The van der Waals surface area contributed by atoms with Crippen LogP contribution in [0.5, 0.6) is 0 Å². The molecule has 0 radical (unpaired) electrons. The number of esters is 1. The summed E-state index contributed by atoms with van der Waals surface area (Å²) in [5.41, 5.74) is 4.24. The van der Waals surface area contributed by atoms with E-state index < -0.39 is 5.97 Å². The number of fused-ring (bicyclic) bond motifs is 2. The summed E-state index contributed by atoms with van der Waals surface area (Å²) in [6, 6.07) is 13.5. The van der Waals surface area contributed by atoms with Crippen molar-refractivity contribution in [1.82, 2.24) is 4.98 Å². The number of pyridine rings is 1. The molecule has 0 amide bonds. The lowest BCUT2D eigenvalue weighted by molar-refractivity contribution is 0.0556. The highest BCUT2D eigenvalue weighted by Gasteiger charge is 2.27. The van der Waals surface area contributed by atoms with Crippen LogP contribution in [0.3, 0.4) is 0 Å². The van der Waals surface area contributed by atoms with E-state index in [4.69, 9.17) is 15.0 Å². The molecule has 1 aliphatic rings. The second-order valence-corrected chi connectivity index (χ2v) is 6.73. The summed E-state index contributed by atoms with van der Waals surface area (Å²) < 4.78 is 5.11. The van der Waals surface area contributed by atoms with E-state index in [2.05, 4.69) is 12.1 Å². The molecular formula is C20H14N2O2S. The summed E-state index contributed by atoms with van der Waals surface area (Å²) in [5.74, 6) is -0.450. The summed E-state index contributed by atoms with van der Waals surface area (Å²) >= 11 is 1.68. The van der Waals surface area contributed by atoms with Gasteiger partial charge in [-0.15, -0.1) is 11.3 Å². The number of nitrogens with zero attached hydrogens (tertiary/aromatic N) is 2. The van der Waals surface area contributed by atoms with Gasteiger partial charge in [-0.3, -0.25) is 0 Å². The predicted molar refractivity (Wildman–Crippen MR) is 98.1 cm³/mol. The van der Waals surface area contributed by atoms with Gasteiger partial charge < -0.3 is 4.74 Å². The number of ether oxygens (including phenoxy) is 1. The average Bonchev–Trinajstić information content (AvgIpc) is 3.28. The Morgan fingerprint density at radius 2 is 2.16 bits per heavy atom. The molecule has 0 N–H and O–H groups in total. The van der Waals surface area contributed by atoms with Crippen molar-refractivity contribution in [3.05, 3.63) is 63.5 Å². The Morgan fingerprint density at radius 3 is 2.96 bits per heavy atom. The van der Waals surface area contributed by atoms with Crippen LogP contribution in [0.4, 0.5) is 0 Å². The fourth-order valence-corrected chi connectivity index (χ4v) is 3.91. The molecule has 0 spiro atoms. The first kappa shape index (κ1) is 15.6. The lowest BCUT2D eigenvalue weighted by atomic mass is 10.0. The Bertz CT molecular complexity index is 1030. The third-order valence-electron chi connectivity index (χ3n) is 4.27. The Balaban J connectivity index is 1.90. The lowest BCUT2D eigenvalue weighted by Gasteiger charge is -2.11. The van der Waals surface area contributed by atoms with Crippen LogP contribution in [0.2, 0.25) is 0 Å². The molecule has 0 bridgehead atoms. The molecule has 0 unspecified atom stereocenters. The molecule has 25 heavy (non-hydrogen) atoms. The van der Waals surface area contributed by atoms with E-state index >= 15 is 0 Å². The summed E-state index contributed by atoms with van der Waals surface area (Å²) in [4.78, 5) is 18.6. The first-order valence-electron chi connectivity index (χ1n) is 7.98. The van der Waals surface area contributed by atoms with Gasteiger partial charge in [-0.2, -0.15) is 5.26 Å². The maximum absolute atomic E-state index is 12.6. The Hall–Kier alpha value is -2.97. The zero-order chi connectivity index (χ0) is 17.2. The first-order valence-corrected chi connectivity index (χ1v) is 8.86. The molecule has 0 atom stereocenters. The van der Waals surface area contributed by atoms with Crippen LogP contribution >= 0.6 is 11.3 Å². The van der Waals surface area contributed by atoms with Crippen LogP contribution in [0, 0.1) is 11.3 Å². The van der Waals surface area contributed by atoms with Gasteiger partial charge in [0.15, 0.2) is 6.61 Å². The van der Waals surface area contributed by atoms with E-state index in [1.165, 1.54) is 4.88 Å². The molecule has 5 heteroatoms. The number of allylic oxidation sites excluding steroid dienone is 1. The quantitative estimate of drug-likeness (QED) is 0.657. The number of carbonyl (C=O) groups is 1. The van der Waals surface area contributed by atoms with Gasteiger partial charge in [-0.05, 0) is 47.6 Å². The van der Waals surface area contributed by atoms with Gasteiger partial charge in [0.25, 0.3) is 0 Å². The Kier molecular flexibility index (Phi) is 4.04. The second kappa shape index (κ2) is 6.50. The maximum atomic E-state index is 12.6. The van der Waals surface area contributed by atoms with Gasteiger partial charge in [-0.1, -0.05) is 24.3 Å².